The summed E-state index contributed by atoms with van der Waals surface area (Å²) < 4.78 is 98.6. The van der Waals surface area contributed by atoms with E-state index in [9.17, 15) is 26.3 Å². The molecule has 0 unspecified atom stereocenters. The Morgan fingerprint density at radius 1 is 0.568 bits per heavy atom. The Kier molecular flexibility index (Phi) is 7.55. The summed E-state index contributed by atoms with van der Waals surface area (Å²) in [5.74, 6) is 1.19. The van der Waals surface area contributed by atoms with Crippen molar-refractivity contribution in [1.29, 1.82) is 0 Å². The van der Waals surface area contributed by atoms with Crippen molar-refractivity contribution < 1.29 is 35.8 Å². The number of halogens is 7. The number of ether oxygens (including phenoxy) is 2. The number of hydrogen-bond donors (Lipinski definition) is 0. The molecular formula is C28H21F6IO2. The fraction of sp³-hybridized carbons (Fsp3) is 0.179. The lowest BCUT2D eigenvalue weighted by molar-refractivity contribution is -0.277. The van der Waals surface area contributed by atoms with Gasteiger partial charge < -0.3 is 9.47 Å². The van der Waals surface area contributed by atoms with Crippen molar-refractivity contribution in [3.05, 3.63) is 111 Å². The van der Waals surface area contributed by atoms with E-state index in [1.807, 2.05) is 13.8 Å². The van der Waals surface area contributed by atoms with E-state index >= 15 is 0 Å². The molecule has 0 atom stereocenters. The van der Waals surface area contributed by atoms with Crippen LogP contribution in [0.1, 0.15) is 16.7 Å². The van der Waals surface area contributed by atoms with E-state index in [0.29, 0.717) is 11.5 Å². The molecular weight excluding hydrogens is 609 g/mol. The van der Waals surface area contributed by atoms with Crippen LogP contribution in [-0.4, -0.2) is 15.9 Å². The first kappa shape index (κ1) is 27.0. The fourth-order valence-electron chi connectivity index (χ4n) is 3.76. The normalized spacial score (nSPS) is 14.4. The van der Waals surface area contributed by atoms with Crippen LogP contribution in [0.5, 0.6) is 17.2 Å². The van der Waals surface area contributed by atoms with Gasteiger partial charge >= 0.3 is 12.4 Å². The van der Waals surface area contributed by atoms with Crippen LogP contribution in [0, 0.1) is 13.8 Å². The topological polar surface area (TPSA) is 18.5 Å². The minimum atomic E-state index is -5.63. The lowest BCUT2D eigenvalue weighted by atomic mass is 9.75. The minimum Gasteiger partial charge on any atom is -0.457 e. The van der Waals surface area contributed by atoms with Crippen molar-refractivity contribution in [1.82, 2.24) is 0 Å². The maximum Gasteiger partial charge on any atom is 0.411 e. The number of rotatable bonds is 6. The third kappa shape index (κ3) is 5.61. The van der Waals surface area contributed by atoms with Crippen LogP contribution in [0.25, 0.3) is 0 Å². The molecule has 1 heterocycles. The number of aryl methyl sites for hydroxylation is 2. The fourth-order valence-corrected chi connectivity index (χ4v) is 6.51. The van der Waals surface area contributed by atoms with Crippen LogP contribution in [0.4, 0.5) is 26.3 Å². The standard InChI is InChI=1S/C28H21F6IO2/c1-18-3-9-21(10-4-18)36-23-13-7-20(8-14-23)26(27(29,30)31,28(32,33)34)25-16-15-24(17-35-25)37-22-11-5-19(2)6-12-22/h3-17H,1-2H3. The molecule has 0 aromatic heterocycles. The summed E-state index contributed by atoms with van der Waals surface area (Å²) in [4.78, 5) is 0. The molecule has 0 saturated heterocycles. The van der Waals surface area contributed by atoms with Gasteiger partial charge in [0.05, 0.1) is 0 Å². The second-order valence-electron chi connectivity index (χ2n) is 8.40. The van der Waals surface area contributed by atoms with Crippen LogP contribution >= 0.6 is 20.7 Å². The molecule has 1 aliphatic rings. The van der Waals surface area contributed by atoms with E-state index in [1.54, 1.807) is 48.5 Å². The van der Waals surface area contributed by atoms with Gasteiger partial charge in [-0.1, -0.05) is 68.3 Å². The summed E-state index contributed by atoms with van der Waals surface area (Å²) in [6, 6.07) is 17.7. The Bertz CT molecular complexity index is 1320. The predicted molar refractivity (Wildman–Crippen MR) is 140 cm³/mol. The summed E-state index contributed by atoms with van der Waals surface area (Å²) in [6.07, 6.45) is -9.21. The zero-order valence-electron chi connectivity index (χ0n) is 19.6. The maximum atomic E-state index is 14.5. The third-order valence-corrected chi connectivity index (χ3v) is 8.45. The molecule has 2 nitrogen and oxygen atoms in total. The van der Waals surface area contributed by atoms with Gasteiger partial charge in [0.25, 0.3) is 0 Å². The van der Waals surface area contributed by atoms with Gasteiger partial charge in [-0.3, -0.25) is 0 Å². The maximum absolute atomic E-state index is 14.5. The lowest BCUT2D eigenvalue weighted by Gasteiger charge is -2.39. The van der Waals surface area contributed by atoms with Crippen LogP contribution in [0.2, 0.25) is 0 Å². The summed E-state index contributed by atoms with van der Waals surface area (Å²) in [5, 5.41) is 0. The molecule has 3 aromatic rings. The van der Waals surface area contributed by atoms with E-state index < -0.39 is 47.6 Å². The minimum absolute atomic E-state index is 0.124. The third-order valence-electron chi connectivity index (χ3n) is 5.68. The van der Waals surface area contributed by atoms with Crippen molar-refractivity contribution in [3.63, 3.8) is 0 Å². The number of allylic oxidation sites excluding steroid dienone is 2. The summed E-state index contributed by atoms with van der Waals surface area (Å²) >= 11 is -1.82. The van der Waals surface area contributed by atoms with Gasteiger partial charge in [-0.15, -0.1) is 0 Å². The largest absolute Gasteiger partial charge is 0.457 e. The van der Waals surface area contributed by atoms with E-state index in [2.05, 4.69) is 0 Å². The lowest BCUT2D eigenvalue weighted by Crippen LogP contribution is -2.58. The molecule has 4 rings (SSSR count). The highest BCUT2D eigenvalue weighted by Gasteiger charge is 2.73. The van der Waals surface area contributed by atoms with Gasteiger partial charge in [0.15, 0.2) is 0 Å². The van der Waals surface area contributed by atoms with Crippen molar-refractivity contribution in [3.8, 4) is 17.2 Å². The summed E-state index contributed by atoms with van der Waals surface area (Å²) in [6.45, 7) is 3.75. The Hall–Kier alpha value is -3.08. The first-order valence-electron chi connectivity index (χ1n) is 11.0. The SMILES string of the molecule is Cc1ccc(OC2=CI=C(C(c3ccc(Oc4ccc(C)cc4)cc3)(C(F)(F)F)C(F)(F)F)C=C2)cc1. The Morgan fingerprint density at radius 3 is 1.41 bits per heavy atom. The van der Waals surface area contributed by atoms with Gasteiger partial charge in [-0.25, -0.2) is 0 Å². The number of benzene rings is 3. The molecule has 0 spiro atoms. The van der Waals surface area contributed by atoms with Gasteiger partial charge in [0.1, 0.15) is 23.0 Å². The first-order chi connectivity index (χ1) is 17.4. The second kappa shape index (κ2) is 10.4. The zero-order valence-corrected chi connectivity index (χ0v) is 21.8. The van der Waals surface area contributed by atoms with Crippen molar-refractivity contribution in [2.45, 2.75) is 31.6 Å². The van der Waals surface area contributed by atoms with Gasteiger partial charge in [0, 0.05) is 7.59 Å². The number of hydrogen-bond acceptors (Lipinski definition) is 2. The molecule has 0 fully saturated rings. The molecule has 0 saturated carbocycles. The quantitative estimate of drug-likeness (QED) is 0.200. The molecule has 0 aliphatic carbocycles. The molecule has 0 N–H and O–H groups in total. The van der Waals surface area contributed by atoms with Gasteiger partial charge in [0.2, 0.25) is 5.41 Å². The Labute approximate surface area is 220 Å². The molecule has 37 heavy (non-hydrogen) atoms. The highest BCUT2D eigenvalue weighted by molar-refractivity contribution is 14.2. The smallest absolute Gasteiger partial charge is 0.411 e. The highest BCUT2D eigenvalue weighted by atomic mass is 127. The molecule has 3 aromatic carbocycles. The van der Waals surface area contributed by atoms with E-state index in [-0.39, 0.29) is 11.5 Å². The van der Waals surface area contributed by atoms with Crippen molar-refractivity contribution >= 4 is 24.2 Å². The van der Waals surface area contributed by atoms with E-state index in [0.717, 1.165) is 47.5 Å². The van der Waals surface area contributed by atoms with Crippen LogP contribution in [0.15, 0.2) is 94.8 Å². The van der Waals surface area contributed by atoms with E-state index in [4.69, 9.17) is 9.47 Å². The van der Waals surface area contributed by atoms with Gasteiger partial charge in [-0.05, 0) is 68.0 Å². The highest BCUT2D eigenvalue weighted by Crippen LogP contribution is 2.55. The predicted octanol–water partition coefficient (Wildman–Crippen LogP) is 9.09. The average Bonchev–Trinajstić information content (AvgIpc) is 2.83. The molecule has 1 aliphatic heterocycles. The first-order valence-corrected chi connectivity index (χ1v) is 13.3. The molecule has 0 radical (unpaired) electrons. The molecule has 194 valence electrons. The van der Waals surface area contributed by atoms with Gasteiger partial charge in [-0.2, -0.15) is 26.3 Å². The van der Waals surface area contributed by atoms with Crippen molar-refractivity contribution in [2.24, 2.45) is 0 Å². The van der Waals surface area contributed by atoms with E-state index in [1.165, 1.54) is 4.08 Å². The van der Waals surface area contributed by atoms with Crippen LogP contribution in [-0.2, 0) is 5.41 Å². The summed E-state index contributed by atoms with van der Waals surface area (Å²) in [7, 11) is 0. The van der Waals surface area contributed by atoms with Crippen molar-refractivity contribution in [2.75, 3.05) is 0 Å². The average molecular weight is 630 g/mol. The second-order valence-corrected chi connectivity index (χ2v) is 10.8. The van der Waals surface area contributed by atoms with Crippen LogP contribution < -0.4 is 9.47 Å². The summed E-state index contributed by atoms with van der Waals surface area (Å²) in [5.41, 5.74) is -3.11. The molecule has 0 amide bonds. The van der Waals surface area contributed by atoms with Crippen LogP contribution in [0.3, 0.4) is 0 Å². The monoisotopic (exact) mass is 630 g/mol. The molecule has 0 bridgehead atoms. The molecule has 9 heteroatoms. The Balaban J connectivity index is 1.70. The Morgan fingerprint density at radius 2 is 1.00 bits per heavy atom. The number of alkyl halides is 6. The zero-order chi connectivity index (χ0) is 26.8.